The van der Waals surface area contributed by atoms with E-state index in [4.69, 9.17) is 0 Å². The van der Waals surface area contributed by atoms with Crippen molar-refractivity contribution in [2.24, 2.45) is 0 Å². The Morgan fingerprint density at radius 2 is 1.26 bits per heavy atom. The van der Waals surface area contributed by atoms with Gasteiger partial charge in [0.25, 0.3) is 0 Å². The first-order valence-electron chi connectivity index (χ1n) is 10.0. The van der Waals surface area contributed by atoms with Crippen LogP contribution in [0.15, 0.2) is 84.9 Å². The third-order valence-electron chi connectivity index (χ3n) is 6.47. The van der Waals surface area contributed by atoms with Crippen molar-refractivity contribution in [1.29, 1.82) is 0 Å². The van der Waals surface area contributed by atoms with E-state index in [9.17, 15) is 0 Å². The average Bonchev–Trinajstić information content (AvgIpc) is 3.10. The number of hydrogen-bond acceptors (Lipinski definition) is 2. The van der Waals surface area contributed by atoms with Gasteiger partial charge in [0.2, 0.25) is 0 Å². The molecular weight excluding hydrogens is 328 g/mol. The van der Waals surface area contributed by atoms with Gasteiger partial charge >= 0.3 is 0 Å². The molecule has 1 saturated heterocycles. The van der Waals surface area contributed by atoms with Crippen molar-refractivity contribution in [1.82, 2.24) is 4.90 Å². The van der Waals surface area contributed by atoms with Crippen molar-refractivity contribution < 1.29 is 0 Å². The molecule has 0 aromatic heterocycles. The second-order valence-corrected chi connectivity index (χ2v) is 7.94. The Morgan fingerprint density at radius 3 is 1.89 bits per heavy atom. The van der Waals surface area contributed by atoms with Crippen LogP contribution >= 0.6 is 0 Å². The summed E-state index contributed by atoms with van der Waals surface area (Å²) in [5, 5.41) is 3.65. The maximum absolute atomic E-state index is 3.65. The molecule has 2 aliphatic rings. The number of piperidine rings is 1. The highest BCUT2D eigenvalue weighted by atomic mass is 15.2. The summed E-state index contributed by atoms with van der Waals surface area (Å²) in [6, 6.07) is 31.2. The Hall–Kier alpha value is -2.58. The number of fused-ring (bicyclic) bond motifs is 2. The SMILES string of the molecule is c1ccc(C(c2ccccc2)N2CCC3(CC2)CNc2ccccc23)cc1. The van der Waals surface area contributed by atoms with Crippen LogP contribution in [0.3, 0.4) is 0 Å². The van der Waals surface area contributed by atoms with Gasteiger partial charge in [-0.1, -0.05) is 78.9 Å². The molecule has 2 nitrogen and oxygen atoms in total. The molecule has 0 radical (unpaired) electrons. The first-order chi connectivity index (χ1) is 13.4. The van der Waals surface area contributed by atoms with Crippen LogP contribution in [0, 0.1) is 0 Å². The van der Waals surface area contributed by atoms with Gasteiger partial charge in [0, 0.05) is 17.6 Å². The van der Waals surface area contributed by atoms with Crippen molar-refractivity contribution in [3.8, 4) is 0 Å². The molecule has 3 aromatic carbocycles. The van der Waals surface area contributed by atoms with Crippen molar-refractivity contribution in [2.45, 2.75) is 24.3 Å². The maximum atomic E-state index is 3.65. The summed E-state index contributed by atoms with van der Waals surface area (Å²) in [5.41, 5.74) is 5.97. The molecule has 2 heterocycles. The Balaban J connectivity index is 1.43. The van der Waals surface area contributed by atoms with E-state index in [1.165, 1.54) is 35.2 Å². The van der Waals surface area contributed by atoms with Crippen molar-refractivity contribution >= 4 is 5.69 Å². The first kappa shape index (κ1) is 16.6. The zero-order valence-corrected chi connectivity index (χ0v) is 15.6. The van der Waals surface area contributed by atoms with Crippen LogP contribution in [0.4, 0.5) is 5.69 Å². The molecule has 0 unspecified atom stereocenters. The van der Waals surface area contributed by atoms with E-state index < -0.39 is 0 Å². The van der Waals surface area contributed by atoms with Crippen LogP contribution in [0.5, 0.6) is 0 Å². The molecular formula is C25H26N2. The van der Waals surface area contributed by atoms with Crippen molar-refractivity contribution in [2.75, 3.05) is 25.0 Å². The number of nitrogens with zero attached hydrogens (tertiary/aromatic N) is 1. The molecule has 2 aliphatic heterocycles. The Kier molecular flexibility index (Phi) is 4.21. The Labute approximate surface area is 161 Å². The number of anilines is 1. The maximum Gasteiger partial charge on any atom is 0.0601 e. The molecule has 1 fully saturated rings. The lowest BCUT2D eigenvalue weighted by molar-refractivity contribution is 0.138. The number of likely N-dealkylation sites (tertiary alicyclic amines) is 1. The van der Waals surface area contributed by atoms with Crippen LogP contribution in [0.1, 0.15) is 35.6 Å². The zero-order chi connectivity index (χ0) is 18.1. The van der Waals surface area contributed by atoms with E-state index in [1.807, 2.05) is 0 Å². The van der Waals surface area contributed by atoms with Crippen LogP contribution in [-0.4, -0.2) is 24.5 Å². The monoisotopic (exact) mass is 354 g/mol. The second kappa shape index (κ2) is 6.86. The molecule has 3 aromatic rings. The smallest absolute Gasteiger partial charge is 0.0601 e. The lowest BCUT2D eigenvalue weighted by Crippen LogP contribution is -2.45. The van der Waals surface area contributed by atoms with E-state index in [2.05, 4.69) is 95.1 Å². The van der Waals surface area contributed by atoms with Crippen LogP contribution < -0.4 is 5.32 Å². The predicted molar refractivity (Wildman–Crippen MR) is 112 cm³/mol. The number of nitrogens with one attached hydrogen (secondary N) is 1. The number of para-hydroxylation sites is 1. The number of hydrogen-bond donors (Lipinski definition) is 1. The van der Waals surface area contributed by atoms with E-state index in [1.54, 1.807) is 0 Å². The van der Waals surface area contributed by atoms with Gasteiger partial charge in [-0.05, 0) is 48.7 Å². The second-order valence-electron chi connectivity index (χ2n) is 7.94. The molecule has 0 amide bonds. The van der Waals surface area contributed by atoms with E-state index in [-0.39, 0.29) is 0 Å². The Morgan fingerprint density at radius 1 is 0.704 bits per heavy atom. The molecule has 0 atom stereocenters. The van der Waals surface area contributed by atoms with Gasteiger partial charge in [-0.15, -0.1) is 0 Å². The summed E-state index contributed by atoms with van der Waals surface area (Å²) in [6.07, 6.45) is 2.43. The lowest BCUT2D eigenvalue weighted by atomic mass is 9.74. The largest absolute Gasteiger partial charge is 0.384 e. The third-order valence-corrected chi connectivity index (χ3v) is 6.47. The van der Waals surface area contributed by atoms with Gasteiger partial charge in [-0.2, -0.15) is 0 Å². The molecule has 1 N–H and O–H groups in total. The molecule has 5 rings (SSSR count). The molecule has 27 heavy (non-hydrogen) atoms. The van der Waals surface area contributed by atoms with Crippen LogP contribution in [-0.2, 0) is 5.41 Å². The summed E-state index contributed by atoms with van der Waals surface area (Å²) in [4.78, 5) is 2.68. The quantitative estimate of drug-likeness (QED) is 0.692. The molecule has 2 heteroatoms. The number of benzene rings is 3. The van der Waals surface area contributed by atoms with E-state index >= 15 is 0 Å². The van der Waals surface area contributed by atoms with E-state index in [0.29, 0.717) is 11.5 Å². The summed E-state index contributed by atoms with van der Waals surface area (Å²) in [5.74, 6) is 0. The normalized spacial score (nSPS) is 18.4. The topological polar surface area (TPSA) is 15.3 Å². The summed E-state index contributed by atoms with van der Waals surface area (Å²) >= 11 is 0. The highest BCUT2D eigenvalue weighted by molar-refractivity contribution is 5.60. The fraction of sp³-hybridized carbons (Fsp3) is 0.280. The van der Waals surface area contributed by atoms with Gasteiger partial charge < -0.3 is 5.32 Å². The van der Waals surface area contributed by atoms with Gasteiger partial charge in [0.1, 0.15) is 0 Å². The van der Waals surface area contributed by atoms with E-state index in [0.717, 1.165) is 19.6 Å². The Bertz CT molecular complexity index is 856. The zero-order valence-electron chi connectivity index (χ0n) is 15.6. The van der Waals surface area contributed by atoms with Crippen molar-refractivity contribution in [3.05, 3.63) is 102 Å². The van der Waals surface area contributed by atoms with Crippen LogP contribution in [0.25, 0.3) is 0 Å². The summed E-state index contributed by atoms with van der Waals surface area (Å²) < 4.78 is 0. The minimum atomic E-state index is 0.311. The minimum absolute atomic E-state index is 0.311. The standard InChI is InChI=1S/C25H26N2/c1-3-9-20(10-4-1)24(21-11-5-2-6-12-21)27-17-15-25(16-18-27)19-26-23-14-8-7-13-22(23)25/h1-14,24,26H,15-19H2. The van der Waals surface area contributed by atoms with Gasteiger partial charge in [0.15, 0.2) is 0 Å². The highest BCUT2D eigenvalue weighted by Gasteiger charge is 2.42. The number of rotatable bonds is 3. The fourth-order valence-electron chi connectivity index (χ4n) is 5.00. The molecule has 0 aliphatic carbocycles. The minimum Gasteiger partial charge on any atom is -0.384 e. The van der Waals surface area contributed by atoms with Crippen LogP contribution in [0.2, 0.25) is 0 Å². The van der Waals surface area contributed by atoms with Gasteiger partial charge in [-0.3, -0.25) is 4.90 Å². The average molecular weight is 354 g/mol. The lowest BCUT2D eigenvalue weighted by Gasteiger charge is -2.43. The summed E-state index contributed by atoms with van der Waals surface area (Å²) in [7, 11) is 0. The first-order valence-corrected chi connectivity index (χ1v) is 10.0. The molecule has 136 valence electrons. The predicted octanol–water partition coefficient (Wildman–Crippen LogP) is 5.24. The fourth-order valence-corrected chi connectivity index (χ4v) is 5.00. The third kappa shape index (κ3) is 2.94. The van der Waals surface area contributed by atoms with Gasteiger partial charge in [-0.25, -0.2) is 0 Å². The van der Waals surface area contributed by atoms with Crippen molar-refractivity contribution in [3.63, 3.8) is 0 Å². The summed E-state index contributed by atoms with van der Waals surface area (Å²) in [6.45, 7) is 3.34. The van der Waals surface area contributed by atoms with Gasteiger partial charge in [0.05, 0.1) is 6.04 Å². The highest BCUT2D eigenvalue weighted by Crippen LogP contribution is 2.45. The molecule has 1 spiro atoms. The molecule has 0 bridgehead atoms. The molecule has 0 saturated carbocycles.